The van der Waals surface area contributed by atoms with Crippen LogP contribution in [-0.4, -0.2) is 30.0 Å². The molecule has 2 rings (SSSR count). The summed E-state index contributed by atoms with van der Waals surface area (Å²) in [6, 6.07) is 5.28. The smallest absolute Gasteiger partial charge is 0.251 e. The Morgan fingerprint density at radius 1 is 1.33 bits per heavy atom. The highest BCUT2D eigenvalue weighted by molar-refractivity contribution is 6.06. The lowest BCUT2D eigenvalue weighted by molar-refractivity contribution is -0.135. The number of rotatable bonds is 3. The molecule has 1 saturated heterocycles. The number of nitrogens with zero attached hydrogens (tertiary/aromatic N) is 1. The monoisotopic (exact) mass is 291 g/mol. The van der Waals surface area contributed by atoms with Crippen LogP contribution in [0.15, 0.2) is 18.2 Å². The van der Waals surface area contributed by atoms with Gasteiger partial charge < -0.3 is 15.4 Å². The second-order valence-electron chi connectivity index (χ2n) is 5.91. The maximum Gasteiger partial charge on any atom is 0.251 e. The lowest BCUT2D eigenvalue weighted by Gasteiger charge is -2.41. The minimum absolute atomic E-state index is 0.0122. The molecule has 1 aromatic rings. The molecule has 0 saturated carbocycles. The molecule has 3 N–H and O–H groups in total. The number of nitrogens with one attached hydrogen (secondary N) is 1. The maximum absolute atomic E-state index is 12.0. The Hall–Kier alpha value is -2.24. The van der Waals surface area contributed by atoms with E-state index in [0.717, 1.165) is 5.69 Å². The lowest BCUT2D eigenvalue weighted by atomic mass is 9.97. The molecule has 0 bridgehead atoms. The van der Waals surface area contributed by atoms with Crippen molar-refractivity contribution in [1.82, 2.24) is 5.32 Å². The number of benzene rings is 1. The van der Waals surface area contributed by atoms with Crippen molar-refractivity contribution in [3.63, 3.8) is 0 Å². The van der Waals surface area contributed by atoms with Gasteiger partial charge >= 0.3 is 0 Å². The van der Waals surface area contributed by atoms with Gasteiger partial charge in [-0.25, -0.2) is 0 Å². The van der Waals surface area contributed by atoms with Gasteiger partial charge in [-0.15, -0.1) is 0 Å². The van der Waals surface area contributed by atoms with Crippen molar-refractivity contribution in [2.75, 3.05) is 17.2 Å². The van der Waals surface area contributed by atoms with E-state index >= 15 is 0 Å². The van der Waals surface area contributed by atoms with Crippen LogP contribution in [0.2, 0.25) is 0 Å². The van der Waals surface area contributed by atoms with E-state index in [1.54, 1.807) is 36.9 Å². The van der Waals surface area contributed by atoms with Crippen molar-refractivity contribution in [1.29, 1.82) is 0 Å². The summed E-state index contributed by atoms with van der Waals surface area (Å²) in [5.74, 6) is -0.0823. The fourth-order valence-electron chi connectivity index (χ4n) is 2.24. The van der Waals surface area contributed by atoms with Gasteiger partial charge in [0.1, 0.15) is 11.3 Å². The average Bonchev–Trinajstić information content (AvgIpc) is 2.36. The quantitative estimate of drug-likeness (QED) is 0.647. The van der Waals surface area contributed by atoms with Crippen molar-refractivity contribution in [3.05, 3.63) is 18.2 Å². The zero-order valence-corrected chi connectivity index (χ0v) is 12.8. The number of hydrogen-bond acceptors (Lipinski definition) is 5. The summed E-state index contributed by atoms with van der Waals surface area (Å²) in [5.41, 5.74) is 6.34. The normalized spacial score (nSPS) is 17.9. The molecule has 2 amide bonds. The third-order valence-electron chi connectivity index (χ3n) is 3.46. The summed E-state index contributed by atoms with van der Waals surface area (Å²) in [6.45, 7) is 7.48. The highest BCUT2D eigenvalue weighted by Crippen LogP contribution is 2.33. The second-order valence-corrected chi connectivity index (χ2v) is 5.91. The number of anilines is 2. The molecular formula is C15H21N3O3. The van der Waals surface area contributed by atoms with E-state index in [1.165, 1.54) is 0 Å². The molecule has 6 heteroatoms. The van der Waals surface area contributed by atoms with Crippen LogP contribution in [0.5, 0.6) is 5.75 Å². The maximum atomic E-state index is 12.0. The van der Waals surface area contributed by atoms with Crippen LogP contribution in [0.25, 0.3) is 0 Å². The molecule has 1 aromatic carbocycles. The van der Waals surface area contributed by atoms with Crippen molar-refractivity contribution in [3.8, 4) is 5.75 Å². The van der Waals surface area contributed by atoms with Gasteiger partial charge in [-0.2, -0.15) is 0 Å². The summed E-state index contributed by atoms with van der Waals surface area (Å²) in [5, 5.41) is 2.35. The van der Waals surface area contributed by atoms with Gasteiger partial charge in [0.25, 0.3) is 5.91 Å². The van der Waals surface area contributed by atoms with Crippen LogP contribution < -0.4 is 20.7 Å². The fraction of sp³-hybridized carbons (Fsp3) is 0.467. The molecule has 1 aliphatic rings. The first-order chi connectivity index (χ1) is 9.71. The molecule has 21 heavy (non-hydrogen) atoms. The second kappa shape index (κ2) is 5.27. The van der Waals surface area contributed by atoms with E-state index in [0.29, 0.717) is 11.4 Å². The Labute approximate surface area is 124 Å². The Balaban J connectivity index is 2.40. The Morgan fingerprint density at radius 3 is 2.62 bits per heavy atom. The van der Waals surface area contributed by atoms with Gasteiger partial charge in [-0.1, -0.05) is 0 Å². The number of carbonyl (C=O) groups excluding carboxylic acids is 2. The van der Waals surface area contributed by atoms with Crippen LogP contribution in [-0.2, 0) is 9.59 Å². The summed E-state index contributed by atoms with van der Waals surface area (Å²) < 4.78 is 5.66. The molecule has 114 valence electrons. The Morgan fingerprint density at radius 2 is 2.00 bits per heavy atom. The van der Waals surface area contributed by atoms with Crippen molar-refractivity contribution < 1.29 is 14.3 Å². The largest absolute Gasteiger partial charge is 0.489 e. The third kappa shape index (κ3) is 2.94. The van der Waals surface area contributed by atoms with Crippen molar-refractivity contribution in [2.24, 2.45) is 0 Å². The minimum atomic E-state index is -0.820. The molecule has 0 spiro atoms. The number of hydrogen-bond donors (Lipinski definition) is 2. The van der Waals surface area contributed by atoms with Crippen LogP contribution in [0.4, 0.5) is 11.4 Å². The van der Waals surface area contributed by atoms with Crippen LogP contribution in [0.3, 0.4) is 0 Å². The topological polar surface area (TPSA) is 84.7 Å². The van der Waals surface area contributed by atoms with Gasteiger partial charge in [-0.3, -0.25) is 14.9 Å². The lowest BCUT2D eigenvalue weighted by Crippen LogP contribution is -2.64. The SMILES string of the molecule is CC(C)Oc1cc(N2CC(=O)NC(=O)C2(C)C)ccc1N. The number of nitrogen functional groups attached to an aromatic ring is 1. The van der Waals surface area contributed by atoms with Gasteiger partial charge in [0.2, 0.25) is 5.91 Å². The molecule has 1 heterocycles. The molecule has 0 aliphatic carbocycles. The zero-order valence-electron chi connectivity index (χ0n) is 12.8. The Bertz CT molecular complexity index is 582. The first-order valence-electron chi connectivity index (χ1n) is 6.90. The van der Waals surface area contributed by atoms with E-state index in [-0.39, 0.29) is 24.5 Å². The van der Waals surface area contributed by atoms with Crippen molar-refractivity contribution in [2.45, 2.75) is 39.3 Å². The highest BCUT2D eigenvalue weighted by atomic mass is 16.5. The predicted octanol–water partition coefficient (Wildman–Crippen LogP) is 1.30. The van der Waals surface area contributed by atoms with Crippen LogP contribution in [0, 0.1) is 0 Å². The molecule has 0 aromatic heterocycles. The predicted molar refractivity (Wildman–Crippen MR) is 81.2 cm³/mol. The Kier molecular flexibility index (Phi) is 3.80. The third-order valence-corrected chi connectivity index (χ3v) is 3.46. The van der Waals surface area contributed by atoms with E-state index in [2.05, 4.69) is 5.32 Å². The zero-order chi connectivity index (χ0) is 15.8. The molecular weight excluding hydrogens is 270 g/mol. The first kappa shape index (κ1) is 15.2. The van der Waals surface area contributed by atoms with E-state index in [4.69, 9.17) is 10.5 Å². The number of imide groups is 1. The van der Waals surface area contributed by atoms with Gasteiger partial charge in [-0.05, 0) is 39.8 Å². The van der Waals surface area contributed by atoms with E-state index in [9.17, 15) is 9.59 Å². The summed E-state index contributed by atoms with van der Waals surface area (Å²) >= 11 is 0. The molecule has 0 radical (unpaired) electrons. The molecule has 6 nitrogen and oxygen atoms in total. The summed E-state index contributed by atoms with van der Waals surface area (Å²) in [7, 11) is 0. The molecule has 0 atom stereocenters. The molecule has 1 aliphatic heterocycles. The van der Waals surface area contributed by atoms with Crippen LogP contribution >= 0.6 is 0 Å². The van der Waals surface area contributed by atoms with Gasteiger partial charge in [0.15, 0.2) is 0 Å². The molecule has 1 fully saturated rings. The summed E-state index contributed by atoms with van der Waals surface area (Å²) in [6.07, 6.45) is -0.0122. The fourth-order valence-corrected chi connectivity index (χ4v) is 2.24. The number of piperazine rings is 1. The minimum Gasteiger partial charge on any atom is -0.489 e. The van der Waals surface area contributed by atoms with E-state index in [1.807, 2.05) is 13.8 Å². The highest BCUT2D eigenvalue weighted by Gasteiger charge is 2.41. The number of amides is 2. The van der Waals surface area contributed by atoms with Crippen LogP contribution in [0.1, 0.15) is 27.7 Å². The number of nitrogens with two attached hydrogens (primary N) is 1. The molecule has 0 unspecified atom stereocenters. The van der Waals surface area contributed by atoms with Gasteiger partial charge in [0.05, 0.1) is 18.3 Å². The average molecular weight is 291 g/mol. The van der Waals surface area contributed by atoms with Crippen molar-refractivity contribution >= 4 is 23.2 Å². The number of ether oxygens (including phenoxy) is 1. The van der Waals surface area contributed by atoms with Gasteiger partial charge in [0, 0.05) is 11.8 Å². The number of carbonyl (C=O) groups is 2. The first-order valence-corrected chi connectivity index (χ1v) is 6.90. The standard InChI is InChI=1S/C15H21N3O3/c1-9(2)21-12-7-10(5-6-11(12)16)18-8-13(19)17-14(20)15(18,3)4/h5-7,9H,8,16H2,1-4H3,(H,17,19,20). The summed E-state index contributed by atoms with van der Waals surface area (Å²) in [4.78, 5) is 25.4. The van der Waals surface area contributed by atoms with E-state index < -0.39 is 5.54 Å².